The number of carbonyl (C=O) groups excluding carboxylic acids is 1. The van der Waals surface area contributed by atoms with E-state index in [2.05, 4.69) is 10.4 Å². The number of nitrogens with one attached hydrogen (secondary N) is 1. The van der Waals surface area contributed by atoms with Crippen molar-refractivity contribution in [1.82, 2.24) is 9.94 Å². The van der Waals surface area contributed by atoms with Gasteiger partial charge in [-0.2, -0.15) is 13.2 Å². The highest BCUT2D eigenvalue weighted by Gasteiger charge is 2.48. The molecule has 8 heteroatoms. The molecule has 1 unspecified atom stereocenters. The molecule has 0 saturated heterocycles. The number of alkyl halides is 3. The van der Waals surface area contributed by atoms with Gasteiger partial charge >= 0.3 is 6.18 Å². The Hall–Kier alpha value is -2.51. The predicted molar refractivity (Wildman–Crippen MR) is 66.9 cm³/mol. The smallest absolute Gasteiger partial charge is 0.396 e. The number of anilines is 1. The van der Waals surface area contributed by atoms with E-state index >= 15 is 0 Å². The van der Waals surface area contributed by atoms with Gasteiger partial charge in [0.25, 0.3) is 0 Å². The van der Waals surface area contributed by atoms with Gasteiger partial charge in [-0.3, -0.25) is 4.79 Å². The molecule has 0 fully saturated rings. The van der Waals surface area contributed by atoms with Crippen LogP contribution in [0, 0.1) is 0 Å². The molecule has 3 rings (SSSR count). The number of nitrogens with zero attached hydrogens (tertiary/aromatic N) is 2. The molecule has 1 amide bonds. The van der Waals surface area contributed by atoms with Crippen molar-refractivity contribution in [2.24, 2.45) is 0 Å². The first kappa shape index (κ1) is 13.5. The average molecular weight is 297 g/mol. The second kappa shape index (κ2) is 4.51. The first-order chi connectivity index (χ1) is 9.88. The quantitative estimate of drug-likeness (QED) is 0.795. The highest BCUT2D eigenvalue weighted by Crippen LogP contribution is 2.46. The van der Waals surface area contributed by atoms with E-state index in [1.54, 1.807) is 30.3 Å². The number of aromatic nitrogens is 2. The van der Waals surface area contributed by atoms with Crippen LogP contribution in [0.1, 0.15) is 17.9 Å². The molecule has 0 radical (unpaired) electrons. The van der Waals surface area contributed by atoms with Crippen molar-refractivity contribution in [2.75, 3.05) is 5.32 Å². The summed E-state index contributed by atoms with van der Waals surface area (Å²) in [5.41, 5.74) is 0.234. The number of fused-ring (bicyclic) bond motifs is 1. The maximum absolute atomic E-state index is 13.2. The van der Waals surface area contributed by atoms with Crippen molar-refractivity contribution >= 4 is 11.7 Å². The summed E-state index contributed by atoms with van der Waals surface area (Å²) < 4.78 is 39.6. The second-order valence-corrected chi connectivity index (χ2v) is 4.71. The van der Waals surface area contributed by atoms with E-state index in [0.29, 0.717) is 5.56 Å². The van der Waals surface area contributed by atoms with Crippen LogP contribution < -0.4 is 5.32 Å². The summed E-state index contributed by atoms with van der Waals surface area (Å²) in [6.07, 6.45) is -5.32. The highest BCUT2D eigenvalue weighted by atomic mass is 19.4. The maximum atomic E-state index is 13.2. The lowest BCUT2D eigenvalue weighted by Crippen LogP contribution is -2.32. The topological polar surface area (TPSA) is 67.2 Å². The lowest BCUT2D eigenvalue weighted by atomic mass is 9.89. The summed E-state index contributed by atoms with van der Waals surface area (Å²) in [6.45, 7) is 0. The van der Waals surface area contributed by atoms with Crippen molar-refractivity contribution in [3.8, 4) is 11.3 Å². The third-order valence-electron chi connectivity index (χ3n) is 3.34. The second-order valence-electron chi connectivity index (χ2n) is 4.71. The Morgan fingerprint density at radius 1 is 1.29 bits per heavy atom. The van der Waals surface area contributed by atoms with Crippen molar-refractivity contribution in [3.63, 3.8) is 0 Å². The summed E-state index contributed by atoms with van der Waals surface area (Å²) in [6, 6.07) is 8.21. The molecule has 5 nitrogen and oxygen atoms in total. The molecule has 1 aliphatic rings. The Bertz CT molecular complexity index is 695. The van der Waals surface area contributed by atoms with Gasteiger partial charge in [-0.25, -0.2) is 0 Å². The lowest BCUT2D eigenvalue weighted by Gasteiger charge is -2.25. The lowest BCUT2D eigenvalue weighted by molar-refractivity contribution is -0.156. The van der Waals surface area contributed by atoms with E-state index in [1.165, 1.54) is 0 Å². The first-order valence-corrected chi connectivity index (χ1v) is 6.12. The Labute approximate surface area is 117 Å². The van der Waals surface area contributed by atoms with Crippen LogP contribution in [0.2, 0.25) is 0 Å². The number of hydrogen-bond donors (Lipinski definition) is 2. The van der Waals surface area contributed by atoms with Crippen LogP contribution in [-0.2, 0) is 4.79 Å². The molecule has 1 atom stereocenters. The van der Waals surface area contributed by atoms with Gasteiger partial charge in [-0.05, 0) is 0 Å². The van der Waals surface area contributed by atoms with Gasteiger partial charge in [0.05, 0.1) is 5.92 Å². The predicted octanol–water partition coefficient (Wildman–Crippen LogP) is 2.78. The molecular weight excluding hydrogens is 287 g/mol. The van der Waals surface area contributed by atoms with Crippen LogP contribution in [0.15, 0.2) is 30.3 Å². The van der Waals surface area contributed by atoms with E-state index in [9.17, 15) is 23.2 Å². The summed E-state index contributed by atoms with van der Waals surface area (Å²) >= 11 is 0. The van der Waals surface area contributed by atoms with E-state index in [0.717, 1.165) is 0 Å². The van der Waals surface area contributed by atoms with E-state index in [4.69, 9.17) is 0 Å². The summed E-state index contributed by atoms with van der Waals surface area (Å²) in [5.74, 6) is -3.12. The molecule has 2 heterocycles. The average Bonchev–Trinajstić information content (AvgIpc) is 2.75. The van der Waals surface area contributed by atoms with Crippen LogP contribution in [0.4, 0.5) is 19.0 Å². The maximum Gasteiger partial charge on any atom is 0.396 e. The molecule has 0 bridgehead atoms. The van der Waals surface area contributed by atoms with Gasteiger partial charge in [0.2, 0.25) is 5.91 Å². The number of hydrogen-bond acceptors (Lipinski definition) is 3. The minimum absolute atomic E-state index is 0.00965. The molecule has 2 aromatic rings. The fourth-order valence-electron chi connectivity index (χ4n) is 2.43. The fourth-order valence-corrected chi connectivity index (χ4v) is 2.43. The molecule has 0 aliphatic carbocycles. The molecule has 1 aromatic heterocycles. The Morgan fingerprint density at radius 3 is 2.57 bits per heavy atom. The van der Waals surface area contributed by atoms with Crippen molar-refractivity contribution in [3.05, 3.63) is 35.9 Å². The van der Waals surface area contributed by atoms with Crippen LogP contribution in [-0.4, -0.2) is 27.2 Å². The number of benzene rings is 1. The van der Waals surface area contributed by atoms with Crippen molar-refractivity contribution in [1.29, 1.82) is 0 Å². The summed E-state index contributed by atoms with van der Waals surface area (Å²) in [5, 5.41) is 15.6. The highest BCUT2D eigenvalue weighted by molar-refractivity contribution is 5.95. The van der Waals surface area contributed by atoms with Crippen LogP contribution in [0.3, 0.4) is 0 Å². The van der Waals surface area contributed by atoms with Crippen LogP contribution in [0.5, 0.6) is 0 Å². The van der Waals surface area contributed by atoms with Gasteiger partial charge in [0.15, 0.2) is 5.82 Å². The van der Waals surface area contributed by atoms with Crippen molar-refractivity contribution < 1.29 is 23.2 Å². The van der Waals surface area contributed by atoms with Crippen LogP contribution in [0.25, 0.3) is 11.3 Å². The SMILES string of the molecule is O=C1CC(C(F)(F)F)c2c(-c3ccccc3)nn(O)c2N1. The molecule has 1 aliphatic heterocycles. The van der Waals surface area contributed by atoms with Crippen LogP contribution >= 0.6 is 0 Å². The Kier molecular flexibility index (Phi) is 2.89. The van der Waals surface area contributed by atoms with Gasteiger partial charge in [-0.1, -0.05) is 35.2 Å². The zero-order chi connectivity index (χ0) is 15.2. The van der Waals surface area contributed by atoms with Gasteiger partial charge < -0.3 is 10.5 Å². The number of halogens is 3. The monoisotopic (exact) mass is 297 g/mol. The van der Waals surface area contributed by atoms with E-state index in [1.807, 2.05) is 0 Å². The summed E-state index contributed by atoms with van der Waals surface area (Å²) in [7, 11) is 0. The molecule has 21 heavy (non-hydrogen) atoms. The third kappa shape index (κ3) is 2.22. The largest absolute Gasteiger partial charge is 0.410 e. The molecular formula is C13H10F3N3O2. The van der Waals surface area contributed by atoms with E-state index < -0.39 is 24.4 Å². The van der Waals surface area contributed by atoms with E-state index in [-0.39, 0.29) is 21.9 Å². The minimum Gasteiger partial charge on any atom is -0.410 e. The number of rotatable bonds is 1. The standard InChI is InChI=1S/C13H10F3N3O2/c14-13(15,16)8-6-9(20)17-12-10(8)11(18-19(12)21)7-4-2-1-3-5-7/h1-5,8,21H,6H2,(H,17,20). The minimum atomic E-state index is -4.60. The first-order valence-electron chi connectivity index (χ1n) is 6.12. The Balaban J connectivity index is 2.22. The van der Waals surface area contributed by atoms with Gasteiger partial charge in [0.1, 0.15) is 5.69 Å². The fraction of sp³-hybridized carbons (Fsp3) is 0.231. The molecule has 0 saturated carbocycles. The summed E-state index contributed by atoms with van der Waals surface area (Å²) in [4.78, 5) is 11.7. The van der Waals surface area contributed by atoms with Gasteiger partial charge in [0, 0.05) is 17.5 Å². The Morgan fingerprint density at radius 2 is 1.95 bits per heavy atom. The zero-order valence-corrected chi connectivity index (χ0v) is 10.6. The molecule has 1 aromatic carbocycles. The zero-order valence-electron chi connectivity index (χ0n) is 10.6. The number of amides is 1. The molecule has 110 valence electrons. The van der Waals surface area contributed by atoms with Gasteiger partial charge in [-0.15, -0.1) is 5.10 Å². The molecule has 2 N–H and O–H groups in total. The molecule has 0 spiro atoms. The normalized spacial score (nSPS) is 18.2. The number of carbonyl (C=O) groups is 1. The third-order valence-corrected chi connectivity index (χ3v) is 3.34. The van der Waals surface area contributed by atoms with Crippen molar-refractivity contribution in [2.45, 2.75) is 18.5 Å².